The summed E-state index contributed by atoms with van der Waals surface area (Å²) >= 11 is 0. The highest BCUT2D eigenvalue weighted by atomic mass is 31.2. The van der Waals surface area contributed by atoms with Crippen molar-refractivity contribution in [3.05, 3.63) is 122 Å². The van der Waals surface area contributed by atoms with Gasteiger partial charge in [-0.2, -0.15) is 0 Å². The van der Waals surface area contributed by atoms with Crippen LogP contribution in [0.25, 0.3) is 0 Å². The monoisotopic (exact) mass is 1050 g/mol. The number of rotatable bonds is 51. The number of hydrogen-bond acceptors (Lipinski definition) is 7. The maximum absolute atomic E-state index is 13.5. The Morgan fingerprint density at radius 1 is 0.500 bits per heavy atom. The number of likely N-dealkylation sites (N-methyl/N-ethyl adjacent to an activating group) is 1. The largest absolute Gasteiger partial charge is 0.756 e. The smallest absolute Gasteiger partial charge is 0.306 e. The minimum atomic E-state index is -4.72. The van der Waals surface area contributed by atoms with Crippen LogP contribution in [0.1, 0.15) is 220 Å². The molecule has 3 unspecified atom stereocenters. The van der Waals surface area contributed by atoms with E-state index in [1.54, 1.807) is 0 Å². The van der Waals surface area contributed by atoms with Gasteiger partial charge in [-0.25, -0.2) is 0 Å². The summed E-state index contributed by atoms with van der Waals surface area (Å²) in [6, 6.07) is -0.925. The minimum absolute atomic E-state index is 0.0408. The number of carbonyl (C=O) groups excluding carboxylic acids is 2. The van der Waals surface area contributed by atoms with Crippen molar-refractivity contribution < 1.29 is 37.3 Å². The highest BCUT2D eigenvalue weighted by Gasteiger charge is 2.27. The molecule has 0 aliphatic rings. The van der Waals surface area contributed by atoms with Gasteiger partial charge in [-0.1, -0.05) is 239 Å². The van der Waals surface area contributed by atoms with Gasteiger partial charge in [-0.3, -0.25) is 14.2 Å². The molecule has 9 nitrogen and oxygen atoms in total. The predicted octanol–water partition coefficient (Wildman–Crippen LogP) is 17.3. The van der Waals surface area contributed by atoms with E-state index in [1.165, 1.54) is 77.0 Å². The number of allylic oxidation sites excluding steroid dienone is 19. The SMILES string of the molecule is CC\C=C/C=C/C=C/C=C\C=C\C=C\CCCCCC(=O)NC(COP(=O)([O-])OCC[N+](C)(C)C)C(/C=C/CCCCCCCCCCCC)OC(=O)CCCCCCCC/C=C\C/C=C\C/C=C\CCCCC. The summed E-state index contributed by atoms with van der Waals surface area (Å²) in [5.41, 5.74) is 0. The average molecular weight is 1050 g/mol. The number of phosphoric ester groups is 1. The Morgan fingerprint density at radius 3 is 1.46 bits per heavy atom. The molecule has 0 heterocycles. The van der Waals surface area contributed by atoms with Gasteiger partial charge >= 0.3 is 5.97 Å². The molecule has 3 atom stereocenters. The minimum Gasteiger partial charge on any atom is -0.756 e. The van der Waals surface area contributed by atoms with Gasteiger partial charge in [0.2, 0.25) is 5.91 Å². The van der Waals surface area contributed by atoms with Crippen LogP contribution in [0.4, 0.5) is 0 Å². The second-order valence-electron chi connectivity index (χ2n) is 20.6. The van der Waals surface area contributed by atoms with Crippen LogP contribution in [-0.4, -0.2) is 69.4 Å². The second-order valence-corrected chi connectivity index (χ2v) is 22.0. The second kappa shape index (κ2) is 52.8. The van der Waals surface area contributed by atoms with Gasteiger partial charge < -0.3 is 28.5 Å². The van der Waals surface area contributed by atoms with Crippen LogP contribution in [0.2, 0.25) is 0 Å². The van der Waals surface area contributed by atoms with E-state index < -0.39 is 26.6 Å². The number of phosphoric acid groups is 1. The number of nitrogens with zero attached hydrogens (tertiary/aromatic N) is 1. The average Bonchev–Trinajstić information content (AvgIpc) is 3.36. The lowest BCUT2D eigenvalue weighted by Crippen LogP contribution is -2.47. The molecule has 0 rings (SSSR count). The first-order chi connectivity index (χ1) is 35.9. The van der Waals surface area contributed by atoms with Crippen LogP contribution < -0.4 is 10.2 Å². The first kappa shape index (κ1) is 70.4. The number of ether oxygens (including phenoxy) is 1. The van der Waals surface area contributed by atoms with Crippen molar-refractivity contribution in [2.75, 3.05) is 40.9 Å². The molecular formula is C64H109N2O7P. The fourth-order valence-corrected chi connectivity index (χ4v) is 8.46. The fourth-order valence-electron chi connectivity index (χ4n) is 7.73. The van der Waals surface area contributed by atoms with Crippen LogP contribution >= 0.6 is 7.82 Å². The maximum Gasteiger partial charge on any atom is 0.306 e. The summed E-state index contributed by atoms with van der Waals surface area (Å²) in [5.74, 6) is -0.617. The molecule has 0 bridgehead atoms. The quantitative estimate of drug-likeness (QED) is 0.0161. The molecule has 10 heteroatoms. The van der Waals surface area contributed by atoms with Crippen LogP contribution in [0.15, 0.2) is 122 Å². The van der Waals surface area contributed by atoms with Crippen molar-refractivity contribution in [1.82, 2.24) is 5.32 Å². The Labute approximate surface area is 454 Å². The third kappa shape index (κ3) is 53.2. The summed E-state index contributed by atoms with van der Waals surface area (Å²) in [4.78, 5) is 39.9. The molecule has 0 aliphatic carbocycles. The zero-order chi connectivity index (χ0) is 54.3. The molecule has 74 heavy (non-hydrogen) atoms. The maximum atomic E-state index is 13.5. The molecule has 1 N–H and O–H groups in total. The zero-order valence-electron chi connectivity index (χ0n) is 48.0. The summed E-state index contributed by atoms with van der Waals surface area (Å²) in [6.45, 7) is 6.60. The summed E-state index contributed by atoms with van der Waals surface area (Å²) < 4.78 is 30.2. The molecule has 0 aromatic rings. The van der Waals surface area contributed by atoms with E-state index in [-0.39, 0.29) is 31.3 Å². The van der Waals surface area contributed by atoms with Crippen LogP contribution in [0, 0.1) is 0 Å². The lowest BCUT2D eigenvalue weighted by Gasteiger charge is -2.30. The van der Waals surface area contributed by atoms with E-state index in [9.17, 15) is 19.0 Å². The van der Waals surface area contributed by atoms with Gasteiger partial charge in [0.15, 0.2) is 0 Å². The molecule has 422 valence electrons. The first-order valence-electron chi connectivity index (χ1n) is 29.4. The lowest BCUT2D eigenvalue weighted by molar-refractivity contribution is -0.870. The predicted molar refractivity (Wildman–Crippen MR) is 316 cm³/mol. The third-order valence-electron chi connectivity index (χ3n) is 12.3. The van der Waals surface area contributed by atoms with Gasteiger partial charge in [0.1, 0.15) is 19.3 Å². The Bertz CT molecular complexity index is 1680. The molecule has 0 aromatic heterocycles. The molecule has 0 aliphatic heterocycles. The number of unbranched alkanes of at least 4 members (excludes halogenated alkanes) is 22. The highest BCUT2D eigenvalue weighted by Crippen LogP contribution is 2.38. The van der Waals surface area contributed by atoms with E-state index in [4.69, 9.17) is 13.8 Å². The van der Waals surface area contributed by atoms with Crippen molar-refractivity contribution in [1.29, 1.82) is 0 Å². The van der Waals surface area contributed by atoms with Crippen molar-refractivity contribution in [3.63, 3.8) is 0 Å². The zero-order valence-corrected chi connectivity index (χ0v) is 48.9. The number of hydrogen-bond donors (Lipinski definition) is 1. The van der Waals surface area contributed by atoms with Crippen LogP contribution in [-0.2, 0) is 27.9 Å². The van der Waals surface area contributed by atoms with E-state index in [1.807, 2.05) is 94.1 Å². The third-order valence-corrected chi connectivity index (χ3v) is 13.3. The Hall–Kier alpha value is -3.59. The van der Waals surface area contributed by atoms with Gasteiger partial charge in [0.05, 0.1) is 33.8 Å². The van der Waals surface area contributed by atoms with Crippen LogP contribution in [0.3, 0.4) is 0 Å². The summed E-state index contributed by atoms with van der Waals surface area (Å²) in [7, 11) is 1.12. The number of esters is 1. The van der Waals surface area contributed by atoms with Crippen molar-refractivity contribution >= 4 is 19.7 Å². The van der Waals surface area contributed by atoms with Gasteiger partial charge in [-0.05, 0) is 89.5 Å². The molecule has 0 aromatic carbocycles. The van der Waals surface area contributed by atoms with Crippen molar-refractivity contribution in [2.24, 2.45) is 0 Å². The number of amides is 1. The van der Waals surface area contributed by atoms with Crippen LogP contribution in [0.5, 0.6) is 0 Å². The number of carbonyl (C=O) groups is 2. The fraction of sp³-hybridized carbons (Fsp3) is 0.656. The van der Waals surface area contributed by atoms with E-state index in [0.29, 0.717) is 23.9 Å². The van der Waals surface area contributed by atoms with E-state index in [0.717, 1.165) is 96.3 Å². The highest BCUT2D eigenvalue weighted by molar-refractivity contribution is 7.45. The standard InChI is InChI=1S/C64H109N2O7P/c1-7-10-13-16-19-22-25-28-30-32-33-35-37-39-42-45-48-51-54-57-64(68)73-62(55-52-49-46-43-40-27-24-21-18-15-12-9-3)61(60-72-74(69,70)71-59-58-66(4,5)6)65-63(67)56-53-50-47-44-41-38-36-34-31-29-26-23-20-17-14-11-8-2/h11,14,17,19-20,22-23,26,28-31,33-36,38,41,52,55,61-62H,7-10,12-13,15-16,18,21,24-25,27,32,37,39-40,42-51,53-54,56-60H2,1-6H3,(H-,65,67,69,70)/b14-11-,20-17+,22-19-,26-23+,30-28-,31-29-,35-33-,36-34+,41-38+,55-52+. The van der Waals surface area contributed by atoms with Gasteiger partial charge in [0, 0.05) is 12.8 Å². The Balaban J connectivity index is 5.44. The lowest BCUT2D eigenvalue weighted by atomic mass is 10.0. The molecule has 0 saturated heterocycles. The first-order valence-corrected chi connectivity index (χ1v) is 30.9. The summed E-state index contributed by atoms with van der Waals surface area (Å²) in [6.07, 6.45) is 73.0. The van der Waals surface area contributed by atoms with Crippen molar-refractivity contribution in [2.45, 2.75) is 232 Å². The van der Waals surface area contributed by atoms with Gasteiger partial charge in [-0.15, -0.1) is 0 Å². The number of quaternary nitrogens is 1. The molecule has 0 radical (unpaired) electrons. The molecule has 0 saturated carbocycles. The van der Waals surface area contributed by atoms with Crippen molar-refractivity contribution in [3.8, 4) is 0 Å². The number of nitrogens with one attached hydrogen (secondary N) is 1. The molecule has 0 spiro atoms. The van der Waals surface area contributed by atoms with E-state index in [2.05, 4.69) is 74.7 Å². The normalized spacial score (nSPS) is 14.6. The van der Waals surface area contributed by atoms with E-state index >= 15 is 0 Å². The molecule has 1 amide bonds. The molecular weight excluding hydrogens is 940 g/mol. The topological polar surface area (TPSA) is 114 Å². The Kier molecular flexibility index (Phi) is 50.3. The van der Waals surface area contributed by atoms with Gasteiger partial charge in [0.25, 0.3) is 7.82 Å². The summed E-state index contributed by atoms with van der Waals surface area (Å²) in [5, 5.41) is 2.99. The molecule has 0 fully saturated rings. The Morgan fingerprint density at radius 2 is 0.919 bits per heavy atom.